The van der Waals surface area contributed by atoms with Gasteiger partial charge in [0.15, 0.2) is 0 Å². The monoisotopic (exact) mass is 152 g/mol. The lowest BCUT2D eigenvalue weighted by atomic mass is 10.6. The summed E-state index contributed by atoms with van der Waals surface area (Å²) >= 11 is 0. The Balaban J connectivity index is 2.71. The first-order valence-corrected chi connectivity index (χ1v) is 3.09. The SMILES string of the molecule is C=CCNc1ncnc(=O)[nH]1. The molecule has 5 nitrogen and oxygen atoms in total. The lowest BCUT2D eigenvalue weighted by molar-refractivity contribution is 0.979. The van der Waals surface area contributed by atoms with Gasteiger partial charge in [0, 0.05) is 6.54 Å². The fourth-order valence-corrected chi connectivity index (χ4v) is 0.564. The van der Waals surface area contributed by atoms with Crippen LogP contribution in [0.15, 0.2) is 23.8 Å². The molecular formula is C6H8N4O. The van der Waals surface area contributed by atoms with E-state index in [1.165, 1.54) is 6.33 Å². The van der Waals surface area contributed by atoms with Crippen molar-refractivity contribution in [3.63, 3.8) is 0 Å². The van der Waals surface area contributed by atoms with Gasteiger partial charge in [-0.25, -0.2) is 9.78 Å². The Labute approximate surface area is 63.2 Å². The Morgan fingerprint density at radius 1 is 1.73 bits per heavy atom. The lowest BCUT2D eigenvalue weighted by Crippen LogP contribution is -2.14. The smallest absolute Gasteiger partial charge is 0.349 e. The number of nitrogens with one attached hydrogen (secondary N) is 2. The maximum Gasteiger partial charge on any atom is 0.349 e. The van der Waals surface area contributed by atoms with Crippen molar-refractivity contribution in [2.24, 2.45) is 0 Å². The maximum absolute atomic E-state index is 10.6. The predicted molar refractivity (Wildman–Crippen MR) is 41.3 cm³/mol. The van der Waals surface area contributed by atoms with Crippen molar-refractivity contribution in [2.75, 3.05) is 11.9 Å². The maximum atomic E-state index is 10.6. The van der Waals surface area contributed by atoms with Crippen LogP contribution in [-0.2, 0) is 0 Å². The molecule has 2 N–H and O–H groups in total. The third kappa shape index (κ3) is 2.21. The zero-order valence-electron chi connectivity index (χ0n) is 5.87. The van der Waals surface area contributed by atoms with E-state index in [2.05, 4.69) is 26.8 Å². The average Bonchev–Trinajstić information content (AvgIpc) is 2.01. The highest BCUT2D eigenvalue weighted by Crippen LogP contribution is 1.86. The van der Waals surface area contributed by atoms with Crippen LogP contribution in [0.1, 0.15) is 0 Å². The number of aromatic nitrogens is 3. The fraction of sp³-hybridized carbons (Fsp3) is 0.167. The van der Waals surface area contributed by atoms with Gasteiger partial charge in [0.1, 0.15) is 6.33 Å². The molecule has 0 bridgehead atoms. The minimum absolute atomic E-state index is 0.407. The largest absolute Gasteiger partial charge is 0.352 e. The van der Waals surface area contributed by atoms with E-state index < -0.39 is 5.69 Å². The zero-order chi connectivity index (χ0) is 8.10. The summed E-state index contributed by atoms with van der Waals surface area (Å²) in [5, 5.41) is 2.81. The summed E-state index contributed by atoms with van der Waals surface area (Å²) in [7, 11) is 0. The standard InChI is InChI=1S/C6H8N4O/c1-2-3-7-5-8-4-9-6(11)10-5/h2,4H,1,3H2,(H2,7,8,9,10,11). The van der Waals surface area contributed by atoms with E-state index in [9.17, 15) is 4.79 Å². The highest BCUT2D eigenvalue weighted by atomic mass is 16.1. The van der Waals surface area contributed by atoms with E-state index >= 15 is 0 Å². The second-order valence-corrected chi connectivity index (χ2v) is 1.82. The number of H-pyrrole nitrogens is 1. The van der Waals surface area contributed by atoms with E-state index in [1.807, 2.05) is 0 Å². The van der Waals surface area contributed by atoms with E-state index in [1.54, 1.807) is 6.08 Å². The van der Waals surface area contributed by atoms with Gasteiger partial charge in [-0.15, -0.1) is 6.58 Å². The fourth-order valence-electron chi connectivity index (χ4n) is 0.564. The summed E-state index contributed by atoms with van der Waals surface area (Å²) in [5.74, 6) is 0.407. The van der Waals surface area contributed by atoms with Gasteiger partial charge >= 0.3 is 5.69 Å². The first kappa shape index (κ1) is 7.46. The summed E-state index contributed by atoms with van der Waals surface area (Å²) in [6.07, 6.45) is 2.87. The van der Waals surface area contributed by atoms with Gasteiger partial charge in [-0.3, -0.25) is 4.98 Å². The molecular weight excluding hydrogens is 144 g/mol. The van der Waals surface area contributed by atoms with Crippen molar-refractivity contribution in [3.8, 4) is 0 Å². The highest BCUT2D eigenvalue weighted by molar-refractivity contribution is 5.21. The van der Waals surface area contributed by atoms with Crippen LogP contribution in [0.3, 0.4) is 0 Å². The lowest BCUT2D eigenvalue weighted by Gasteiger charge is -1.97. The number of anilines is 1. The minimum atomic E-state index is -0.411. The molecule has 0 spiro atoms. The molecule has 1 aromatic heterocycles. The molecule has 1 heterocycles. The van der Waals surface area contributed by atoms with Gasteiger partial charge < -0.3 is 5.32 Å². The number of hydrogen-bond acceptors (Lipinski definition) is 4. The quantitative estimate of drug-likeness (QED) is 0.586. The molecule has 1 aromatic rings. The molecule has 1 rings (SSSR count). The van der Waals surface area contributed by atoms with Gasteiger partial charge in [0.2, 0.25) is 5.95 Å². The van der Waals surface area contributed by atoms with Gasteiger partial charge in [-0.2, -0.15) is 4.98 Å². The summed E-state index contributed by atoms with van der Waals surface area (Å²) in [6.45, 7) is 4.06. The van der Waals surface area contributed by atoms with Crippen molar-refractivity contribution in [1.29, 1.82) is 0 Å². The third-order valence-electron chi connectivity index (χ3n) is 1.00. The van der Waals surface area contributed by atoms with E-state index in [4.69, 9.17) is 0 Å². The van der Waals surface area contributed by atoms with E-state index in [0.717, 1.165) is 0 Å². The zero-order valence-corrected chi connectivity index (χ0v) is 5.87. The Kier molecular flexibility index (Phi) is 2.37. The van der Waals surface area contributed by atoms with Crippen molar-refractivity contribution in [1.82, 2.24) is 15.0 Å². The topological polar surface area (TPSA) is 70.7 Å². The van der Waals surface area contributed by atoms with Crippen LogP contribution in [0.25, 0.3) is 0 Å². The van der Waals surface area contributed by atoms with Gasteiger partial charge in [-0.1, -0.05) is 6.08 Å². The average molecular weight is 152 g/mol. The summed E-state index contributed by atoms with van der Waals surface area (Å²) in [5.41, 5.74) is -0.411. The molecule has 0 aliphatic rings. The van der Waals surface area contributed by atoms with Crippen LogP contribution >= 0.6 is 0 Å². The van der Waals surface area contributed by atoms with Gasteiger partial charge in [-0.05, 0) is 0 Å². The normalized spacial score (nSPS) is 9.09. The van der Waals surface area contributed by atoms with Crippen LogP contribution in [-0.4, -0.2) is 21.5 Å². The van der Waals surface area contributed by atoms with Crippen LogP contribution in [0.5, 0.6) is 0 Å². The molecule has 11 heavy (non-hydrogen) atoms. The molecule has 0 aliphatic heterocycles. The number of nitrogens with zero attached hydrogens (tertiary/aromatic N) is 2. The molecule has 0 aliphatic carbocycles. The second kappa shape index (κ2) is 3.50. The van der Waals surface area contributed by atoms with Crippen LogP contribution < -0.4 is 11.0 Å². The Morgan fingerprint density at radius 2 is 2.55 bits per heavy atom. The Morgan fingerprint density at radius 3 is 3.18 bits per heavy atom. The minimum Gasteiger partial charge on any atom is -0.352 e. The molecule has 0 aromatic carbocycles. The number of rotatable bonds is 3. The van der Waals surface area contributed by atoms with Crippen molar-refractivity contribution in [2.45, 2.75) is 0 Å². The number of aromatic amines is 1. The molecule has 0 atom stereocenters. The first-order valence-electron chi connectivity index (χ1n) is 3.09. The first-order chi connectivity index (χ1) is 5.33. The molecule has 0 fully saturated rings. The molecule has 58 valence electrons. The third-order valence-corrected chi connectivity index (χ3v) is 1.00. The Hall–Kier alpha value is -1.65. The van der Waals surface area contributed by atoms with Crippen molar-refractivity contribution >= 4 is 5.95 Å². The number of hydrogen-bond donors (Lipinski definition) is 2. The molecule has 5 heteroatoms. The molecule has 0 saturated carbocycles. The Bertz CT molecular complexity index is 293. The molecule has 0 unspecified atom stereocenters. The van der Waals surface area contributed by atoms with E-state index in [-0.39, 0.29) is 0 Å². The van der Waals surface area contributed by atoms with Crippen molar-refractivity contribution in [3.05, 3.63) is 29.5 Å². The van der Waals surface area contributed by atoms with Gasteiger partial charge in [0.05, 0.1) is 0 Å². The predicted octanol–water partition coefficient (Wildman–Crippen LogP) is -0.237. The highest BCUT2D eigenvalue weighted by Gasteiger charge is 1.89. The van der Waals surface area contributed by atoms with Gasteiger partial charge in [0.25, 0.3) is 0 Å². The second-order valence-electron chi connectivity index (χ2n) is 1.82. The van der Waals surface area contributed by atoms with E-state index in [0.29, 0.717) is 12.5 Å². The van der Waals surface area contributed by atoms with Crippen molar-refractivity contribution < 1.29 is 0 Å². The van der Waals surface area contributed by atoms with Crippen LogP contribution in [0.2, 0.25) is 0 Å². The summed E-state index contributed by atoms with van der Waals surface area (Å²) in [6, 6.07) is 0. The van der Waals surface area contributed by atoms with Crippen LogP contribution in [0.4, 0.5) is 5.95 Å². The summed E-state index contributed by atoms with van der Waals surface area (Å²) in [4.78, 5) is 20.1. The molecule has 0 saturated heterocycles. The molecule has 0 radical (unpaired) electrons. The molecule has 0 amide bonds. The van der Waals surface area contributed by atoms with Crippen LogP contribution in [0, 0.1) is 0 Å². The summed E-state index contributed by atoms with van der Waals surface area (Å²) < 4.78 is 0.